The van der Waals surface area contributed by atoms with Gasteiger partial charge in [-0.2, -0.15) is 0 Å². The highest BCUT2D eigenvalue weighted by molar-refractivity contribution is 6.10. The first-order valence-corrected chi connectivity index (χ1v) is 11.0. The summed E-state index contributed by atoms with van der Waals surface area (Å²) in [6.45, 7) is 2.60. The second kappa shape index (κ2) is 9.06. The van der Waals surface area contributed by atoms with Crippen molar-refractivity contribution in [3.63, 3.8) is 0 Å². The predicted molar refractivity (Wildman–Crippen MR) is 129 cm³/mol. The quantitative estimate of drug-likeness (QED) is 0.442. The molecule has 5 rings (SSSR count). The number of amides is 1. The molecule has 7 nitrogen and oxygen atoms in total. The van der Waals surface area contributed by atoms with E-state index in [1.54, 1.807) is 34.9 Å². The molecular formula is C27H21FN2O5. The van der Waals surface area contributed by atoms with Gasteiger partial charge in [-0.3, -0.25) is 14.4 Å². The SMILES string of the molecule is Cc1ccc2c(c1)c(=O)c(C(=O)c1ccc(F)cc1)cn2CC(=O)Nc1ccc2c(c1)OCCO2. The highest BCUT2D eigenvalue weighted by Crippen LogP contribution is 2.32. The summed E-state index contributed by atoms with van der Waals surface area (Å²) in [4.78, 5) is 39.2. The Morgan fingerprint density at radius 3 is 2.49 bits per heavy atom. The first-order valence-electron chi connectivity index (χ1n) is 11.0. The normalized spacial score (nSPS) is 12.4. The highest BCUT2D eigenvalue weighted by atomic mass is 19.1. The van der Waals surface area contributed by atoms with E-state index in [0.717, 1.165) is 17.7 Å². The zero-order chi connectivity index (χ0) is 24.5. The molecule has 8 heteroatoms. The van der Waals surface area contributed by atoms with E-state index >= 15 is 0 Å². The number of pyridine rings is 1. The average molecular weight is 472 g/mol. The van der Waals surface area contributed by atoms with Crippen molar-refractivity contribution in [1.82, 2.24) is 4.57 Å². The fourth-order valence-corrected chi connectivity index (χ4v) is 4.04. The number of nitrogens with zero attached hydrogens (tertiary/aromatic N) is 1. The van der Waals surface area contributed by atoms with Crippen LogP contribution < -0.4 is 20.2 Å². The van der Waals surface area contributed by atoms with E-state index in [2.05, 4.69) is 5.32 Å². The molecule has 3 aromatic carbocycles. The molecule has 1 amide bonds. The van der Waals surface area contributed by atoms with Crippen molar-refractivity contribution < 1.29 is 23.5 Å². The number of hydrogen-bond acceptors (Lipinski definition) is 5. The van der Waals surface area contributed by atoms with Gasteiger partial charge in [0, 0.05) is 28.9 Å². The molecule has 0 fully saturated rings. The Morgan fingerprint density at radius 2 is 1.71 bits per heavy atom. The summed E-state index contributed by atoms with van der Waals surface area (Å²) in [6, 6.07) is 15.4. The summed E-state index contributed by atoms with van der Waals surface area (Å²) in [7, 11) is 0. The molecular weight excluding hydrogens is 451 g/mol. The molecule has 1 aliphatic rings. The third-order valence-electron chi connectivity index (χ3n) is 5.73. The van der Waals surface area contributed by atoms with E-state index < -0.39 is 17.0 Å². The van der Waals surface area contributed by atoms with Gasteiger partial charge < -0.3 is 19.4 Å². The zero-order valence-corrected chi connectivity index (χ0v) is 18.8. The monoisotopic (exact) mass is 472 g/mol. The number of nitrogens with one attached hydrogen (secondary N) is 1. The van der Waals surface area contributed by atoms with Crippen LogP contribution in [0.2, 0.25) is 0 Å². The number of aromatic nitrogens is 1. The Kier molecular flexibility index (Phi) is 5.78. The first-order chi connectivity index (χ1) is 16.9. The van der Waals surface area contributed by atoms with E-state index in [0.29, 0.717) is 41.3 Å². The van der Waals surface area contributed by atoms with Crippen LogP contribution in [-0.2, 0) is 11.3 Å². The average Bonchev–Trinajstić information content (AvgIpc) is 2.85. The minimum Gasteiger partial charge on any atom is -0.486 e. The van der Waals surface area contributed by atoms with Gasteiger partial charge in [0.05, 0.1) is 11.1 Å². The molecule has 0 bridgehead atoms. The number of anilines is 1. The van der Waals surface area contributed by atoms with Gasteiger partial charge in [0.2, 0.25) is 11.3 Å². The molecule has 35 heavy (non-hydrogen) atoms. The lowest BCUT2D eigenvalue weighted by Crippen LogP contribution is -2.24. The van der Waals surface area contributed by atoms with E-state index in [1.165, 1.54) is 18.3 Å². The Bertz CT molecular complexity index is 1530. The van der Waals surface area contributed by atoms with Gasteiger partial charge in [0.25, 0.3) is 0 Å². The number of hydrogen-bond donors (Lipinski definition) is 1. The third-order valence-corrected chi connectivity index (χ3v) is 5.73. The van der Waals surface area contributed by atoms with Crippen molar-refractivity contribution in [1.29, 1.82) is 0 Å². The molecule has 0 atom stereocenters. The van der Waals surface area contributed by atoms with Crippen molar-refractivity contribution in [2.24, 2.45) is 0 Å². The van der Waals surface area contributed by atoms with Crippen molar-refractivity contribution in [3.8, 4) is 11.5 Å². The fraction of sp³-hybridized carbons (Fsp3) is 0.148. The molecule has 0 unspecified atom stereocenters. The largest absolute Gasteiger partial charge is 0.486 e. The van der Waals surface area contributed by atoms with Crippen LogP contribution >= 0.6 is 0 Å². The lowest BCUT2D eigenvalue weighted by molar-refractivity contribution is -0.116. The van der Waals surface area contributed by atoms with E-state index in [-0.39, 0.29) is 23.6 Å². The van der Waals surface area contributed by atoms with Crippen molar-refractivity contribution >= 4 is 28.3 Å². The minimum atomic E-state index is -0.542. The molecule has 1 N–H and O–H groups in total. The van der Waals surface area contributed by atoms with E-state index in [9.17, 15) is 18.8 Å². The number of ether oxygens (including phenoxy) is 2. The second-order valence-corrected chi connectivity index (χ2v) is 8.26. The summed E-state index contributed by atoms with van der Waals surface area (Å²) < 4.78 is 26.0. The van der Waals surface area contributed by atoms with Crippen molar-refractivity contribution in [2.45, 2.75) is 13.5 Å². The molecule has 1 aromatic heterocycles. The Labute approximate surface area is 199 Å². The number of ketones is 1. The Balaban J connectivity index is 1.49. The first kappa shape index (κ1) is 22.3. The fourth-order valence-electron chi connectivity index (χ4n) is 4.04. The van der Waals surface area contributed by atoms with Crippen LogP contribution in [0.4, 0.5) is 10.1 Å². The third kappa shape index (κ3) is 4.50. The number of carbonyl (C=O) groups excluding carboxylic acids is 2. The van der Waals surface area contributed by atoms with Gasteiger partial charge in [0.1, 0.15) is 25.6 Å². The minimum absolute atomic E-state index is 0.0955. The van der Waals surface area contributed by atoms with Crippen molar-refractivity contribution in [2.75, 3.05) is 18.5 Å². The lowest BCUT2D eigenvalue weighted by atomic mass is 10.0. The lowest BCUT2D eigenvalue weighted by Gasteiger charge is -2.19. The van der Waals surface area contributed by atoms with Crippen LogP contribution in [0.3, 0.4) is 0 Å². The number of fused-ring (bicyclic) bond motifs is 2. The van der Waals surface area contributed by atoms with Crippen LogP contribution in [-0.4, -0.2) is 29.5 Å². The standard InChI is InChI=1S/C27H21FN2O5/c1-16-2-8-22-20(12-16)27(33)21(26(32)17-3-5-18(28)6-4-17)14-30(22)15-25(31)29-19-7-9-23-24(13-19)35-11-10-34-23/h2-9,12-14H,10-11,15H2,1H3,(H,29,31). The van der Waals surface area contributed by atoms with E-state index in [4.69, 9.17) is 9.47 Å². The summed E-state index contributed by atoms with van der Waals surface area (Å²) in [5.41, 5.74) is 1.54. The maximum Gasteiger partial charge on any atom is 0.244 e. The molecule has 1 aliphatic heterocycles. The summed E-state index contributed by atoms with van der Waals surface area (Å²) in [5, 5.41) is 3.14. The number of carbonyl (C=O) groups is 2. The van der Waals surface area contributed by atoms with Crippen LogP contribution in [0.1, 0.15) is 21.5 Å². The van der Waals surface area contributed by atoms with Gasteiger partial charge in [-0.25, -0.2) is 4.39 Å². The van der Waals surface area contributed by atoms with Crippen LogP contribution in [0.25, 0.3) is 10.9 Å². The van der Waals surface area contributed by atoms with Crippen LogP contribution in [0.15, 0.2) is 71.7 Å². The zero-order valence-electron chi connectivity index (χ0n) is 18.8. The molecule has 4 aromatic rings. The smallest absolute Gasteiger partial charge is 0.244 e. The van der Waals surface area contributed by atoms with Crippen LogP contribution in [0, 0.1) is 12.7 Å². The topological polar surface area (TPSA) is 86.6 Å². The number of benzene rings is 3. The highest BCUT2D eigenvalue weighted by Gasteiger charge is 2.19. The van der Waals surface area contributed by atoms with E-state index in [1.807, 2.05) is 13.0 Å². The maximum absolute atomic E-state index is 13.3. The van der Waals surface area contributed by atoms with Crippen LogP contribution in [0.5, 0.6) is 11.5 Å². The summed E-state index contributed by atoms with van der Waals surface area (Å²) in [6.07, 6.45) is 1.38. The molecule has 0 spiro atoms. The Hall–Kier alpha value is -4.46. The Morgan fingerprint density at radius 1 is 0.971 bits per heavy atom. The molecule has 0 saturated carbocycles. The molecule has 2 heterocycles. The summed E-state index contributed by atoms with van der Waals surface area (Å²) in [5.74, 6) is -0.221. The molecule has 0 saturated heterocycles. The molecule has 0 aliphatic carbocycles. The van der Waals surface area contributed by atoms with Gasteiger partial charge in [-0.1, -0.05) is 11.6 Å². The maximum atomic E-state index is 13.3. The molecule has 176 valence electrons. The summed E-state index contributed by atoms with van der Waals surface area (Å²) >= 11 is 0. The number of rotatable bonds is 5. The van der Waals surface area contributed by atoms with Gasteiger partial charge in [0.15, 0.2) is 17.3 Å². The van der Waals surface area contributed by atoms with Gasteiger partial charge in [-0.15, -0.1) is 0 Å². The van der Waals surface area contributed by atoms with Crippen molar-refractivity contribution in [3.05, 3.63) is 99.6 Å². The predicted octanol–water partition coefficient (Wildman–Crippen LogP) is 4.09. The van der Waals surface area contributed by atoms with Gasteiger partial charge >= 0.3 is 0 Å². The number of aryl methyl sites for hydroxylation is 1. The number of halogens is 1. The van der Waals surface area contributed by atoms with Gasteiger partial charge in [-0.05, 0) is 55.5 Å². The molecule has 0 radical (unpaired) electrons. The second-order valence-electron chi connectivity index (χ2n) is 8.26.